The van der Waals surface area contributed by atoms with Gasteiger partial charge in [-0.3, -0.25) is 0 Å². The largest absolute Gasteiger partial charge is 0.173 e. The topological polar surface area (TPSA) is 25.8 Å². The van der Waals surface area contributed by atoms with Crippen molar-refractivity contribution in [3.8, 4) is 10.4 Å². The second kappa shape index (κ2) is 3.66. The van der Waals surface area contributed by atoms with E-state index >= 15 is 0 Å². The van der Waals surface area contributed by atoms with Gasteiger partial charge in [0.15, 0.2) is 0 Å². The maximum atomic E-state index is 4.33. The Kier molecular flexibility index (Phi) is 2.31. The van der Waals surface area contributed by atoms with E-state index in [1.807, 2.05) is 12.1 Å². The number of benzene rings is 1. The highest BCUT2D eigenvalue weighted by Gasteiger charge is 2.08. The van der Waals surface area contributed by atoms with Crippen LogP contribution in [0.15, 0.2) is 34.1 Å². The van der Waals surface area contributed by atoms with Gasteiger partial charge in [-0.25, -0.2) is 0 Å². The SMILES string of the molecule is Brc1ccc(-c2cccc3nsnc23)s1. The Labute approximate surface area is 103 Å². The van der Waals surface area contributed by atoms with E-state index in [0.29, 0.717) is 0 Å². The van der Waals surface area contributed by atoms with Gasteiger partial charge in [0.05, 0.1) is 15.5 Å². The highest BCUT2D eigenvalue weighted by atomic mass is 79.9. The molecule has 15 heavy (non-hydrogen) atoms. The van der Waals surface area contributed by atoms with Gasteiger partial charge < -0.3 is 0 Å². The number of hydrogen-bond acceptors (Lipinski definition) is 4. The molecule has 0 amide bonds. The predicted octanol–water partition coefficient (Wildman–Crippen LogP) is 4.18. The van der Waals surface area contributed by atoms with Crippen LogP contribution < -0.4 is 0 Å². The van der Waals surface area contributed by atoms with Gasteiger partial charge in [-0.15, -0.1) is 11.3 Å². The molecule has 0 aliphatic rings. The molecule has 0 saturated carbocycles. The monoisotopic (exact) mass is 296 g/mol. The van der Waals surface area contributed by atoms with E-state index in [1.54, 1.807) is 11.3 Å². The molecule has 3 rings (SSSR count). The lowest BCUT2D eigenvalue weighted by Gasteiger charge is -1.96. The van der Waals surface area contributed by atoms with Gasteiger partial charge in [0.2, 0.25) is 0 Å². The Morgan fingerprint density at radius 1 is 1.07 bits per heavy atom. The minimum atomic E-state index is 0.974. The number of nitrogens with zero attached hydrogens (tertiary/aromatic N) is 2. The van der Waals surface area contributed by atoms with Crippen LogP contribution in [0.2, 0.25) is 0 Å². The van der Waals surface area contributed by atoms with E-state index in [2.05, 4.69) is 42.9 Å². The van der Waals surface area contributed by atoms with Crippen LogP contribution >= 0.6 is 39.0 Å². The fourth-order valence-corrected chi connectivity index (χ4v) is 3.43. The molecule has 0 radical (unpaired) electrons. The first-order chi connectivity index (χ1) is 7.34. The summed E-state index contributed by atoms with van der Waals surface area (Å²) in [6, 6.07) is 10.3. The van der Waals surface area contributed by atoms with Gasteiger partial charge in [0.1, 0.15) is 11.0 Å². The maximum Gasteiger partial charge on any atom is 0.113 e. The zero-order valence-corrected chi connectivity index (χ0v) is 10.7. The molecule has 1 aromatic carbocycles. The first-order valence-electron chi connectivity index (χ1n) is 4.31. The lowest BCUT2D eigenvalue weighted by Crippen LogP contribution is -1.75. The second-order valence-electron chi connectivity index (χ2n) is 3.04. The van der Waals surface area contributed by atoms with E-state index in [-0.39, 0.29) is 0 Å². The van der Waals surface area contributed by atoms with Crippen LogP contribution in [0.3, 0.4) is 0 Å². The standard InChI is InChI=1S/C10H5BrN2S2/c11-9-5-4-8(14-9)6-2-1-3-7-10(6)13-15-12-7/h1-5H. The van der Waals surface area contributed by atoms with Crippen molar-refractivity contribution in [1.82, 2.24) is 8.75 Å². The Hall–Kier alpha value is -0.780. The maximum absolute atomic E-state index is 4.33. The molecule has 5 heteroatoms. The van der Waals surface area contributed by atoms with Crippen molar-refractivity contribution in [3.05, 3.63) is 34.1 Å². The normalized spacial score (nSPS) is 11.0. The van der Waals surface area contributed by atoms with Crippen LogP contribution in [0.5, 0.6) is 0 Å². The number of halogens is 1. The van der Waals surface area contributed by atoms with Crippen LogP contribution in [0, 0.1) is 0 Å². The Bertz CT molecular complexity index is 614. The van der Waals surface area contributed by atoms with E-state index < -0.39 is 0 Å². The van der Waals surface area contributed by atoms with Crippen LogP contribution in [-0.4, -0.2) is 8.75 Å². The minimum Gasteiger partial charge on any atom is -0.173 e. The number of fused-ring (bicyclic) bond motifs is 1. The molecule has 0 N–H and O–H groups in total. The van der Waals surface area contributed by atoms with Crippen molar-refractivity contribution in [2.24, 2.45) is 0 Å². The van der Waals surface area contributed by atoms with Crippen molar-refractivity contribution in [2.75, 3.05) is 0 Å². The summed E-state index contributed by atoms with van der Waals surface area (Å²) in [6.07, 6.45) is 0. The molecule has 0 aliphatic heterocycles. The van der Waals surface area contributed by atoms with Gasteiger partial charge in [-0.1, -0.05) is 12.1 Å². The lowest BCUT2D eigenvalue weighted by atomic mass is 10.1. The molecule has 3 aromatic rings. The number of rotatable bonds is 1. The number of aromatic nitrogens is 2. The molecule has 0 spiro atoms. The molecule has 74 valence electrons. The third-order valence-corrected chi connectivity index (χ3v) is 4.32. The van der Waals surface area contributed by atoms with Crippen molar-refractivity contribution in [3.63, 3.8) is 0 Å². The minimum absolute atomic E-state index is 0.974. The van der Waals surface area contributed by atoms with E-state index in [4.69, 9.17) is 0 Å². The van der Waals surface area contributed by atoms with Crippen LogP contribution in [0.1, 0.15) is 0 Å². The van der Waals surface area contributed by atoms with Gasteiger partial charge in [0, 0.05) is 10.4 Å². The van der Waals surface area contributed by atoms with Gasteiger partial charge in [-0.2, -0.15) is 8.75 Å². The summed E-state index contributed by atoms with van der Waals surface area (Å²) in [5, 5.41) is 0. The summed E-state index contributed by atoms with van der Waals surface area (Å²) in [5.41, 5.74) is 3.14. The Balaban J connectivity index is 2.30. The summed E-state index contributed by atoms with van der Waals surface area (Å²) in [4.78, 5) is 1.22. The van der Waals surface area contributed by atoms with Crippen molar-refractivity contribution in [2.45, 2.75) is 0 Å². The summed E-state index contributed by atoms with van der Waals surface area (Å²) in [6.45, 7) is 0. The van der Waals surface area contributed by atoms with Gasteiger partial charge in [-0.05, 0) is 34.1 Å². The highest BCUT2D eigenvalue weighted by molar-refractivity contribution is 9.11. The molecule has 0 bridgehead atoms. The fraction of sp³-hybridized carbons (Fsp3) is 0. The smallest absolute Gasteiger partial charge is 0.113 e. The number of thiophene rings is 1. The molecule has 2 heterocycles. The highest BCUT2D eigenvalue weighted by Crippen LogP contribution is 2.34. The molecule has 2 nitrogen and oxygen atoms in total. The molecule has 2 aromatic heterocycles. The molecule has 0 saturated heterocycles. The third-order valence-electron chi connectivity index (χ3n) is 2.12. The van der Waals surface area contributed by atoms with E-state index in [9.17, 15) is 0 Å². The molecule has 0 aliphatic carbocycles. The molecule has 0 unspecified atom stereocenters. The van der Waals surface area contributed by atoms with E-state index in [0.717, 1.165) is 20.4 Å². The molecule has 0 fully saturated rings. The van der Waals surface area contributed by atoms with Crippen LogP contribution in [-0.2, 0) is 0 Å². The lowest BCUT2D eigenvalue weighted by molar-refractivity contribution is 1.64. The van der Waals surface area contributed by atoms with Crippen molar-refractivity contribution < 1.29 is 0 Å². The fourth-order valence-electron chi connectivity index (χ4n) is 1.46. The third kappa shape index (κ3) is 1.60. The first-order valence-corrected chi connectivity index (χ1v) is 6.65. The van der Waals surface area contributed by atoms with Gasteiger partial charge in [0.25, 0.3) is 0 Å². The average Bonchev–Trinajstić information content (AvgIpc) is 2.84. The average molecular weight is 297 g/mol. The van der Waals surface area contributed by atoms with Crippen LogP contribution in [0.25, 0.3) is 21.5 Å². The quantitative estimate of drug-likeness (QED) is 0.673. The molecule has 0 atom stereocenters. The Morgan fingerprint density at radius 2 is 2.00 bits per heavy atom. The zero-order valence-electron chi connectivity index (χ0n) is 7.48. The Morgan fingerprint density at radius 3 is 2.80 bits per heavy atom. The summed E-state index contributed by atoms with van der Waals surface area (Å²) >= 11 is 6.44. The predicted molar refractivity (Wildman–Crippen MR) is 68.4 cm³/mol. The number of hydrogen-bond donors (Lipinski definition) is 0. The van der Waals surface area contributed by atoms with Crippen molar-refractivity contribution in [1.29, 1.82) is 0 Å². The second-order valence-corrected chi connectivity index (χ2v) is 6.03. The molecular formula is C10H5BrN2S2. The van der Waals surface area contributed by atoms with Crippen molar-refractivity contribution >= 4 is 50.0 Å². The summed E-state index contributed by atoms with van der Waals surface area (Å²) < 4.78 is 9.70. The summed E-state index contributed by atoms with van der Waals surface area (Å²) in [5.74, 6) is 0. The molecular weight excluding hydrogens is 292 g/mol. The summed E-state index contributed by atoms with van der Waals surface area (Å²) in [7, 11) is 0. The zero-order chi connectivity index (χ0) is 10.3. The van der Waals surface area contributed by atoms with Crippen LogP contribution in [0.4, 0.5) is 0 Å². The van der Waals surface area contributed by atoms with E-state index in [1.165, 1.54) is 16.6 Å². The first kappa shape index (κ1) is 9.45. The van der Waals surface area contributed by atoms with Gasteiger partial charge >= 0.3 is 0 Å².